The van der Waals surface area contributed by atoms with Crippen LogP contribution in [0.5, 0.6) is 0 Å². The molecule has 0 aromatic carbocycles. The molecule has 0 atom stereocenters. The van der Waals surface area contributed by atoms with E-state index in [1.807, 2.05) is 0 Å². The Morgan fingerprint density at radius 3 is 0.923 bits per heavy atom. The van der Waals surface area contributed by atoms with E-state index in [4.69, 9.17) is 37.9 Å². The van der Waals surface area contributed by atoms with Crippen molar-refractivity contribution in [2.75, 3.05) is 39.3 Å². The monoisotopic (exact) mass is 526 g/mol. The molecule has 4 N–H and O–H groups in total. The summed E-state index contributed by atoms with van der Waals surface area (Å²) in [5, 5.41) is 34.5. The number of aliphatic carboxylic acids is 4. The van der Waals surface area contributed by atoms with Crippen molar-refractivity contribution in [2.45, 2.75) is 0 Å². The van der Waals surface area contributed by atoms with E-state index in [0.29, 0.717) is 0 Å². The predicted octanol–water partition coefficient (Wildman–Crippen LogP) is -3.79. The second-order valence-corrected chi connectivity index (χ2v) is 5.22. The number of carboxylic acids is 4. The van der Waals surface area contributed by atoms with Crippen LogP contribution in [-0.4, -0.2) is 160 Å². The Bertz CT molecular complexity index is 505. The first-order valence-corrected chi connectivity index (χ1v) is 7.52. The average molecular weight is 526 g/mol. The van der Waals surface area contributed by atoms with Gasteiger partial charge in [-0.2, -0.15) is 0 Å². The fourth-order valence-electron chi connectivity index (χ4n) is 1.48. The van der Waals surface area contributed by atoms with E-state index in [0.717, 1.165) is 9.80 Å². The van der Waals surface area contributed by atoms with Crippen LogP contribution in [0.1, 0.15) is 0 Å². The van der Waals surface area contributed by atoms with Crippen LogP contribution < -0.4 is 0 Å². The van der Waals surface area contributed by atoms with Crippen molar-refractivity contribution in [1.29, 1.82) is 0 Å². The Balaban J connectivity index is -0.000000772. The van der Waals surface area contributed by atoms with Crippen molar-refractivity contribution in [3.8, 4) is 0 Å². The summed E-state index contributed by atoms with van der Waals surface area (Å²) in [4.78, 5) is 44.4. The zero-order valence-electron chi connectivity index (χ0n) is 13.3. The minimum atomic E-state index is -5.17. The summed E-state index contributed by atoms with van der Waals surface area (Å²) < 4.78 is 34.1. The van der Waals surface area contributed by atoms with Crippen molar-refractivity contribution >= 4 is 83.2 Å². The SMILES string of the molecule is O=C(O)CN(CCN(CC(=O)O)CC(=O)O)CC(=O)O.O=S(=O)([O-])[O-].[Ba+2]. The van der Waals surface area contributed by atoms with Crippen LogP contribution in [0.4, 0.5) is 0 Å². The Morgan fingerprint density at radius 1 is 0.654 bits per heavy atom. The fraction of sp³-hybridized carbons (Fsp3) is 0.600. The van der Waals surface area contributed by atoms with Crippen molar-refractivity contribution in [1.82, 2.24) is 9.80 Å². The molecule has 0 saturated heterocycles. The summed E-state index contributed by atoms with van der Waals surface area (Å²) in [6.45, 7) is -2.25. The van der Waals surface area contributed by atoms with Gasteiger partial charge in [0.15, 0.2) is 0 Å². The molecule has 0 aliphatic carbocycles. The van der Waals surface area contributed by atoms with Gasteiger partial charge in [-0.15, -0.1) is 0 Å². The normalized spacial score (nSPS) is 10.5. The first-order valence-electron chi connectivity index (χ1n) is 6.19. The van der Waals surface area contributed by atoms with Gasteiger partial charge in [0.1, 0.15) is 0 Å². The first-order chi connectivity index (χ1) is 11.2. The van der Waals surface area contributed by atoms with E-state index in [1.54, 1.807) is 0 Å². The van der Waals surface area contributed by atoms with Gasteiger partial charge in [-0.25, -0.2) is 0 Å². The van der Waals surface area contributed by atoms with E-state index < -0.39 is 60.5 Å². The van der Waals surface area contributed by atoms with Crippen LogP contribution in [0, 0.1) is 0 Å². The molecular weight excluding hydrogens is 510 g/mol. The molecule has 16 heteroatoms. The van der Waals surface area contributed by atoms with Crippen molar-refractivity contribution < 1.29 is 57.1 Å². The minimum absolute atomic E-state index is 0. The maximum atomic E-state index is 10.6. The van der Waals surface area contributed by atoms with E-state index in [9.17, 15) is 19.2 Å². The molecule has 0 aliphatic heterocycles. The maximum absolute atomic E-state index is 10.6. The van der Waals surface area contributed by atoms with E-state index >= 15 is 0 Å². The molecule has 0 aromatic heterocycles. The fourth-order valence-corrected chi connectivity index (χ4v) is 1.48. The van der Waals surface area contributed by atoms with Crippen molar-refractivity contribution in [2.24, 2.45) is 0 Å². The Labute approximate surface area is 188 Å². The number of carbonyl (C=O) groups is 4. The molecule has 0 rings (SSSR count). The van der Waals surface area contributed by atoms with Crippen molar-refractivity contribution in [3.63, 3.8) is 0 Å². The van der Waals surface area contributed by atoms with Crippen LogP contribution in [0.3, 0.4) is 0 Å². The van der Waals surface area contributed by atoms with Crippen molar-refractivity contribution in [3.05, 3.63) is 0 Å². The summed E-state index contributed by atoms with van der Waals surface area (Å²) >= 11 is 0. The molecule has 0 saturated carbocycles. The molecule has 26 heavy (non-hydrogen) atoms. The molecule has 0 aliphatic rings. The summed E-state index contributed by atoms with van der Waals surface area (Å²) in [5.74, 6) is -4.91. The standard InChI is InChI=1S/C10H16N2O8.Ba.H2O4S/c13-7(14)3-11(4-8(15)16)1-2-12(5-9(17)18)6-10(19)20;;1-5(2,3)4/h1-6H2,(H,13,14)(H,15,16)(H,17,18)(H,19,20);;(H2,1,2,3,4)/q;+2;/p-2. The number of hydrogen-bond donors (Lipinski definition) is 4. The quantitative estimate of drug-likeness (QED) is 0.115. The van der Waals surface area contributed by atoms with Gasteiger partial charge < -0.3 is 29.5 Å². The third-order valence-electron chi connectivity index (χ3n) is 2.17. The largest absolute Gasteiger partial charge is 2.00 e. The predicted molar refractivity (Wildman–Crippen MR) is 79.7 cm³/mol. The molecule has 0 unspecified atom stereocenters. The molecule has 0 fully saturated rings. The van der Waals surface area contributed by atoms with Gasteiger partial charge in [0.2, 0.25) is 0 Å². The third-order valence-corrected chi connectivity index (χ3v) is 2.17. The third kappa shape index (κ3) is 28.1. The van der Waals surface area contributed by atoms with Gasteiger partial charge in [-0.05, 0) is 0 Å². The zero-order chi connectivity index (χ0) is 20.2. The molecule has 14 nitrogen and oxygen atoms in total. The van der Waals surface area contributed by atoms with Gasteiger partial charge in [-0.3, -0.25) is 37.4 Å². The molecule has 0 amide bonds. The molecule has 0 radical (unpaired) electrons. The zero-order valence-corrected chi connectivity index (χ0v) is 18.6. The van der Waals surface area contributed by atoms with Crippen LogP contribution in [0.15, 0.2) is 0 Å². The van der Waals surface area contributed by atoms with Gasteiger partial charge >= 0.3 is 72.8 Å². The Kier molecular flexibility index (Phi) is 17.7. The van der Waals surface area contributed by atoms with Gasteiger partial charge in [0.25, 0.3) is 0 Å². The summed E-state index contributed by atoms with van der Waals surface area (Å²) in [7, 11) is -5.17. The maximum Gasteiger partial charge on any atom is 2.00 e. The topological polar surface area (TPSA) is 236 Å². The van der Waals surface area contributed by atoms with Crippen LogP contribution in [0.2, 0.25) is 0 Å². The van der Waals surface area contributed by atoms with Gasteiger partial charge in [-0.1, -0.05) is 0 Å². The second kappa shape index (κ2) is 15.3. The number of nitrogens with zero attached hydrogens (tertiary/aromatic N) is 2. The Hall–Kier alpha value is -0.759. The minimum Gasteiger partial charge on any atom is -0.759 e. The molecule has 0 spiro atoms. The molecule has 0 bridgehead atoms. The van der Waals surface area contributed by atoms with Crippen LogP contribution in [-0.2, 0) is 29.6 Å². The van der Waals surface area contributed by atoms with E-state index in [2.05, 4.69) is 0 Å². The molecular formula is C10H16BaN2O12S. The molecule has 146 valence electrons. The number of hydrogen-bond acceptors (Lipinski definition) is 10. The number of rotatable bonds is 11. The van der Waals surface area contributed by atoms with E-state index in [-0.39, 0.29) is 62.0 Å². The second-order valence-electron chi connectivity index (χ2n) is 4.40. The summed E-state index contributed by atoms with van der Waals surface area (Å²) in [5.41, 5.74) is 0. The average Bonchev–Trinajstić information content (AvgIpc) is 2.30. The summed E-state index contributed by atoms with van der Waals surface area (Å²) in [6.07, 6.45) is 0. The summed E-state index contributed by atoms with van der Waals surface area (Å²) in [6, 6.07) is 0. The smallest absolute Gasteiger partial charge is 0.759 e. The van der Waals surface area contributed by atoms with Gasteiger partial charge in [0.05, 0.1) is 26.2 Å². The Morgan fingerprint density at radius 2 is 0.808 bits per heavy atom. The molecule has 0 aromatic rings. The molecule has 0 heterocycles. The number of carboxylic acid groups (broad SMARTS) is 4. The van der Waals surface area contributed by atoms with Gasteiger partial charge in [0, 0.05) is 23.5 Å². The first kappa shape index (κ1) is 30.0. The van der Waals surface area contributed by atoms with Crippen LogP contribution >= 0.6 is 0 Å². The van der Waals surface area contributed by atoms with Crippen LogP contribution in [0.25, 0.3) is 0 Å². The van der Waals surface area contributed by atoms with E-state index in [1.165, 1.54) is 0 Å².